The summed E-state index contributed by atoms with van der Waals surface area (Å²) in [4.78, 5) is 23.3. The van der Waals surface area contributed by atoms with Crippen molar-refractivity contribution in [3.05, 3.63) is 12.2 Å². The van der Waals surface area contributed by atoms with E-state index < -0.39 is 17.5 Å². The van der Waals surface area contributed by atoms with Gasteiger partial charge in [0, 0.05) is 12.2 Å². The van der Waals surface area contributed by atoms with Crippen LogP contribution in [0.25, 0.3) is 0 Å². The van der Waals surface area contributed by atoms with Gasteiger partial charge in [0.05, 0.1) is 0 Å². The van der Waals surface area contributed by atoms with Gasteiger partial charge in [-0.25, -0.2) is 4.90 Å². The van der Waals surface area contributed by atoms with E-state index in [-0.39, 0.29) is 0 Å². The van der Waals surface area contributed by atoms with E-state index >= 15 is 0 Å². The van der Waals surface area contributed by atoms with Crippen molar-refractivity contribution in [3.8, 4) is 0 Å². The first-order valence-corrected chi connectivity index (χ1v) is 4.33. The second-order valence-electron chi connectivity index (χ2n) is 3.03. The predicted octanol–water partition coefficient (Wildman–Crippen LogP) is 0.420. The first-order valence-electron chi connectivity index (χ1n) is 4.33. The lowest BCUT2D eigenvalue weighted by Gasteiger charge is -2.33. The van der Waals surface area contributed by atoms with E-state index in [4.69, 9.17) is 0 Å². The summed E-state index contributed by atoms with van der Waals surface area (Å²) >= 11 is 0. The van der Waals surface area contributed by atoms with Crippen LogP contribution in [0.5, 0.6) is 0 Å². The first kappa shape index (κ1) is 9.92. The van der Waals surface area contributed by atoms with Crippen molar-refractivity contribution >= 4 is 11.8 Å². The molecule has 4 heteroatoms. The molecule has 0 unspecified atom stereocenters. The quantitative estimate of drug-likeness (QED) is 0.645. The number of hydrogen-bond donors (Lipinski definition) is 1. The Morgan fingerprint density at radius 1 is 1.23 bits per heavy atom. The zero-order valence-electron chi connectivity index (χ0n) is 7.78. The maximum absolute atomic E-state index is 11.2. The maximum atomic E-state index is 11.2. The molecule has 0 aromatic heterocycles. The van der Waals surface area contributed by atoms with Crippen molar-refractivity contribution in [2.24, 2.45) is 0 Å². The maximum Gasteiger partial charge on any atom is 0.255 e. The Morgan fingerprint density at radius 2 is 1.62 bits per heavy atom. The highest BCUT2D eigenvalue weighted by Crippen LogP contribution is 2.23. The molecule has 0 saturated carbocycles. The van der Waals surface area contributed by atoms with Crippen LogP contribution in [0.4, 0.5) is 0 Å². The fraction of sp³-hybridized carbons (Fsp3) is 0.556. The number of hydrogen-bond acceptors (Lipinski definition) is 3. The number of nitrogens with zero attached hydrogens (tertiary/aromatic N) is 1. The number of carbonyl (C=O) groups excluding carboxylic acids is 2. The van der Waals surface area contributed by atoms with Crippen LogP contribution in [0.2, 0.25) is 0 Å². The predicted molar refractivity (Wildman–Crippen MR) is 46.5 cm³/mol. The summed E-state index contributed by atoms with van der Waals surface area (Å²) < 4.78 is 0. The summed E-state index contributed by atoms with van der Waals surface area (Å²) in [5, 5.41) is 9.91. The van der Waals surface area contributed by atoms with Crippen LogP contribution in [-0.4, -0.2) is 27.5 Å². The Morgan fingerprint density at radius 3 is 1.92 bits per heavy atom. The highest BCUT2D eigenvalue weighted by atomic mass is 16.3. The molecular formula is C9H13NO3. The van der Waals surface area contributed by atoms with E-state index in [1.54, 1.807) is 13.8 Å². The molecule has 0 aromatic carbocycles. The molecular weight excluding hydrogens is 170 g/mol. The van der Waals surface area contributed by atoms with Gasteiger partial charge in [0.25, 0.3) is 11.8 Å². The van der Waals surface area contributed by atoms with Crippen LogP contribution in [0.3, 0.4) is 0 Å². The Bertz CT molecular complexity index is 248. The molecule has 0 saturated heterocycles. The lowest BCUT2D eigenvalue weighted by molar-refractivity contribution is -0.165. The molecule has 4 nitrogen and oxygen atoms in total. The average molecular weight is 183 g/mol. The third-order valence-corrected chi connectivity index (χ3v) is 2.36. The van der Waals surface area contributed by atoms with Gasteiger partial charge in [-0.2, -0.15) is 0 Å². The van der Waals surface area contributed by atoms with Crippen molar-refractivity contribution in [2.75, 3.05) is 0 Å². The molecule has 0 fully saturated rings. The summed E-state index contributed by atoms with van der Waals surface area (Å²) in [6.45, 7) is 3.48. The summed E-state index contributed by atoms with van der Waals surface area (Å²) in [6, 6.07) is 0. The van der Waals surface area contributed by atoms with Crippen LogP contribution < -0.4 is 0 Å². The largest absolute Gasteiger partial charge is 0.370 e. The Labute approximate surface area is 76.8 Å². The van der Waals surface area contributed by atoms with Gasteiger partial charge in [0.1, 0.15) is 5.72 Å². The Kier molecular flexibility index (Phi) is 2.52. The highest BCUT2D eigenvalue weighted by Gasteiger charge is 2.39. The van der Waals surface area contributed by atoms with Crippen molar-refractivity contribution in [2.45, 2.75) is 32.4 Å². The first-order chi connectivity index (χ1) is 6.05. The normalized spacial score (nSPS) is 17.3. The van der Waals surface area contributed by atoms with Gasteiger partial charge < -0.3 is 5.11 Å². The second-order valence-corrected chi connectivity index (χ2v) is 3.03. The number of imide groups is 1. The summed E-state index contributed by atoms with van der Waals surface area (Å²) in [6.07, 6.45) is 3.06. The van der Waals surface area contributed by atoms with Crippen LogP contribution in [-0.2, 0) is 9.59 Å². The van der Waals surface area contributed by atoms with Crippen LogP contribution in [0, 0.1) is 0 Å². The molecule has 0 aromatic rings. The van der Waals surface area contributed by atoms with Gasteiger partial charge >= 0.3 is 0 Å². The summed E-state index contributed by atoms with van der Waals surface area (Å²) in [5.74, 6) is -0.868. The molecule has 2 amide bonds. The SMILES string of the molecule is CCC(O)(CC)N1C(=O)C=CC1=O. The fourth-order valence-electron chi connectivity index (χ4n) is 1.38. The highest BCUT2D eigenvalue weighted by molar-refractivity contribution is 6.13. The molecule has 0 radical (unpaired) electrons. The Hall–Kier alpha value is -1.16. The minimum atomic E-state index is -1.32. The van der Waals surface area contributed by atoms with Crippen molar-refractivity contribution in [3.63, 3.8) is 0 Å². The summed E-state index contributed by atoms with van der Waals surface area (Å²) in [5.41, 5.74) is -1.32. The van der Waals surface area contributed by atoms with Gasteiger partial charge in [0.2, 0.25) is 0 Å². The van der Waals surface area contributed by atoms with Gasteiger partial charge in [0.15, 0.2) is 0 Å². The van der Waals surface area contributed by atoms with Crippen LogP contribution >= 0.6 is 0 Å². The van der Waals surface area contributed by atoms with E-state index in [1.807, 2.05) is 0 Å². The van der Waals surface area contributed by atoms with Crippen molar-refractivity contribution in [1.82, 2.24) is 4.90 Å². The van der Waals surface area contributed by atoms with E-state index in [2.05, 4.69) is 0 Å². The van der Waals surface area contributed by atoms with E-state index in [0.29, 0.717) is 12.8 Å². The standard InChI is InChI=1S/C9H13NO3/c1-3-9(13,4-2)10-7(11)5-6-8(10)12/h5-6,13H,3-4H2,1-2H3. The van der Waals surface area contributed by atoms with Gasteiger partial charge in [-0.3, -0.25) is 9.59 Å². The monoisotopic (exact) mass is 183 g/mol. The molecule has 1 aliphatic rings. The topological polar surface area (TPSA) is 57.6 Å². The fourth-order valence-corrected chi connectivity index (χ4v) is 1.38. The van der Waals surface area contributed by atoms with Crippen molar-refractivity contribution < 1.29 is 14.7 Å². The molecule has 0 atom stereocenters. The average Bonchev–Trinajstić information content (AvgIpc) is 2.46. The molecule has 1 aliphatic heterocycles. The third kappa shape index (κ3) is 1.49. The second kappa shape index (κ2) is 3.30. The van der Waals surface area contributed by atoms with Crippen molar-refractivity contribution in [1.29, 1.82) is 0 Å². The number of amides is 2. The number of aliphatic hydroxyl groups is 1. The molecule has 1 heterocycles. The molecule has 1 rings (SSSR count). The zero-order chi connectivity index (χ0) is 10.1. The molecule has 0 aliphatic carbocycles. The van der Waals surface area contributed by atoms with Gasteiger partial charge in [-0.15, -0.1) is 0 Å². The van der Waals surface area contributed by atoms with Crippen LogP contribution in [0.15, 0.2) is 12.2 Å². The third-order valence-electron chi connectivity index (χ3n) is 2.36. The number of carbonyl (C=O) groups is 2. The smallest absolute Gasteiger partial charge is 0.255 e. The van der Waals surface area contributed by atoms with E-state index in [1.165, 1.54) is 12.2 Å². The van der Waals surface area contributed by atoms with E-state index in [0.717, 1.165) is 4.90 Å². The Balaban J connectivity index is 2.93. The van der Waals surface area contributed by atoms with Gasteiger partial charge in [-0.05, 0) is 12.8 Å². The zero-order valence-corrected chi connectivity index (χ0v) is 7.78. The minimum Gasteiger partial charge on any atom is -0.370 e. The van der Waals surface area contributed by atoms with Crippen LogP contribution in [0.1, 0.15) is 26.7 Å². The number of rotatable bonds is 3. The summed E-state index contributed by atoms with van der Waals surface area (Å²) in [7, 11) is 0. The van der Waals surface area contributed by atoms with E-state index in [9.17, 15) is 14.7 Å². The molecule has 72 valence electrons. The lowest BCUT2D eigenvalue weighted by atomic mass is 10.1. The molecule has 1 N–H and O–H groups in total. The lowest BCUT2D eigenvalue weighted by Crippen LogP contribution is -2.51. The molecule has 13 heavy (non-hydrogen) atoms. The minimum absolute atomic E-state index is 0.350. The van der Waals surface area contributed by atoms with Gasteiger partial charge in [-0.1, -0.05) is 13.8 Å². The molecule has 0 bridgehead atoms. The molecule has 0 spiro atoms.